The molecule has 2 heterocycles. The highest BCUT2D eigenvalue weighted by atomic mass is 32.2. The Balaban J connectivity index is 1.77. The summed E-state index contributed by atoms with van der Waals surface area (Å²) in [5, 5.41) is 0. The summed E-state index contributed by atoms with van der Waals surface area (Å²) in [5.41, 5.74) is 0.748. The second-order valence-electron chi connectivity index (χ2n) is 5.12. The lowest BCUT2D eigenvalue weighted by atomic mass is 10.2. The summed E-state index contributed by atoms with van der Waals surface area (Å²) in [6, 6.07) is 9.07. The average Bonchev–Trinajstić information content (AvgIpc) is 3.09. The molecular formula is C15H15F2NO4S. The zero-order chi connectivity index (χ0) is 16.4. The number of alkyl halides is 2. The van der Waals surface area contributed by atoms with Gasteiger partial charge in [0.15, 0.2) is 0 Å². The van der Waals surface area contributed by atoms with Crippen molar-refractivity contribution in [2.45, 2.75) is 16.8 Å². The number of rotatable bonds is 4. The third kappa shape index (κ3) is 3.23. The predicted molar refractivity (Wildman–Crippen MR) is 79.2 cm³/mol. The quantitative estimate of drug-likeness (QED) is 0.854. The normalized spacial score (nSPS) is 19.3. The maximum atomic E-state index is 12.5. The van der Waals surface area contributed by atoms with Crippen LogP contribution in [-0.4, -0.2) is 33.9 Å². The van der Waals surface area contributed by atoms with Gasteiger partial charge in [0.1, 0.15) is 11.9 Å². The molecule has 2 aromatic rings. The van der Waals surface area contributed by atoms with Crippen LogP contribution >= 0.6 is 0 Å². The van der Waals surface area contributed by atoms with Crippen LogP contribution in [0.25, 0.3) is 0 Å². The maximum Gasteiger partial charge on any atom is 0.341 e. The third-order valence-electron chi connectivity index (χ3n) is 3.69. The third-order valence-corrected chi connectivity index (χ3v) is 5.09. The Bertz CT molecular complexity index is 744. The molecule has 0 bridgehead atoms. The van der Waals surface area contributed by atoms with Crippen LogP contribution in [0.2, 0.25) is 0 Å². The molecule has 1 fully saturated rings. The van der Waals surface area contributed by atoms with Crippen molar-refractivity contribution in [2.75, 3.05) is 24.6 Å². The lowest BCUT2D eigenvalue weighted by Crippen LogP contribution is -2.38. The number of anilines is 1. The van der Waals surface area contributed by atoms with Crippen LogP contribution in [0, 0.1) is 0 Å². The van der Waals surface area contributed by atoms with Gasteiger partial charge in [-0.1, -0.05) is 0 Å². The number of sulfone groups is 1. The summed E-state index contributed by atoms with van der Waals surface area (Å²) < 4.78 is 58.9. The fraction of sp³-hybridized carbons (Fsp3) is 0.333. The smallest absolute Gasteiger partial charge is 0.341 e. The van der Waals surface area contributed by atoms with Crippen molar-refractivity contribution in [1.29, 1.82) is 0 Å². The molecular weight excluding hydrogens is 328 g/mol. The van der Waals surface area contributed by atoms with E-state index >= 15 is 0 Å². The molecule has 0 radical (unpaired) electrons. The van der Waals surface area contributed by atoms with E-state index in [0.717, 1.165) is 5.69 Å². The first-order valence-corrected chi connectivity index (χ1v) is 8.55. The molecule has 3 rings (SSSR count). The van der Waals surface area contributed by atoms with Gasteiger partial charge in [-0.3, -0.25) is 0 Å². The van der Waals surface area contributed by atoms with E-state index in [-0.39, 0.29) is 11.0 Å². The van der Waals surface area contributed by atoms with E-state index < -0.39 is 15.6 Å². The molecule has 0 aliphatic carbocycles. The van der Waals surface area contributed by atoms with Crippen LogP contribution < -0.4 is 4.90 Å². The molecule has 0 spiro atoms. The van der Waals surface area contributed by atoms with E-state index in [1.54, 1.807) is 12.3 Å². The van der Waals surface area contributed by atoms with Gasteiger partial charge in [0.25, 0.3) is 0 Å². The van der Waals surface area contributed by atoms with Gasteiger partial charge in [-0.15, -0.1) is 0 Å². The van der Waals surface area contributed by atoms with Crippen molar-refractivity contribution in [2.24, 2.45) is 0 Å². The molecule has 0 amide bonds. The van der Waals surface area contributed by atoms with Gasteiger partial charge in [-0.2, -0.15) is 8.78 Å². The maximum absolute atomic E-state index is 12.5. The van der Waals surface area contributed by atoms with Crippen LogP contribution in [0.5, 0.6) is 0 Å². The highest BCUT2D eigenvalue weighted by Crippen LogP contribution is 2.28. The van der Waals surface area contributed by atoms with Crippen molar-refractivity contribution in [3.63, 3.8) is 0 Å². The van der Waals surface area contributed by atoms with Gasteiger partial charge in [0.2, 0.25) is 9.84 Å². The number of furan rings is 1. The van der Waals surface area contributed by atoms with Crippen molar-refractivity contribution in [1.82, 2.24) is 0 Å². The van der Waals surface area contributed by atoms with E-state index in [1.165, 1.54) is 24.3 Å². The number of benzene rings is 1. The van der Waals surface area contributed by atoms with Gasteiger partial charge in [0, 0.05) is 12.2 Å². The Hall–Kier alpha value is -1.93. The van der Waals surface area contributed by atoms with E-state index in [0.29, 0.717) is 25.5 Å². The Kier molecular flexibility index (Phi) is 4.36. The van der Waals surface area contributed by atoms with Crippen LogP contribution in [0.4, 0.5) is 14.5 Å². The summed E-state index contributed by atoms with van der Waals surface area (Å²) in [7, 11) is -4.56. The zero-order valence-corrected chi connectivity index (χ0v) is 12.9. The molecule has 1 unspecified atom stereocenters. The van der Waals surface area contributed by atoms with Crippen molar-refractivity contribution in [3.05, 3.63) is 48.4 Å². The lowest BCUT2D eigenvalue weighted by Gasteiger charge is -2.33. The molecule has 124 valence electrons. The van der Waals surface area contributed by atoms with Crippen LogP contribution in [0.1, 0.15) is 11.9 Å². The first-order valence-electron chi connectivity index (χ1n) is 7.00. The topological polar surface area (TPSA) is 59.8 Å². The monoisotopic (exact) mass is 343 g/mol. The van der Waals surface area contributed by atoms with Gasteiger partial charge in [-0.25, -0.2) is 8.42 Å². The highest BCUT2D eigenvalue weighted by Gasteiger charge is 2.27. The molecule has 1 aliphatic heterocycles. The summed E-state index contributed by atoms with van der Waals surface area (Å²) in [5.74, 6) is -2.70. The minimum Gasteiger partial charge on any atom is -0.467 e. The molecule has 8 heteroatoms. The molecule has 1 aliphatic rings. The summed E-state index contributed by atoms with van der Waals surface area (Å²) in [6.45, 7) is 1.65. The molecule has 1 aromatic carbocycles. The number of halogens is 2. The van der Waals surface area contributed by atoms with Gasteiger partial charge < -0.3 is 14.1 Å². The largest absolute Gasteiger partial charge is 0.467 e. The SMILES string of the molecule is O=S(=O)(c1ccc(N2CCOC(c3ccco3)C2)cc1)C(F)F. The number of hydrogen-bond donors (Lipinski definition) is 0. The minimum absolute atomic E-state index is 0.219. The molecule has 0 saturated carbocycles. The Morgan fingerprint density at radius 2 is 1.91 bits per heavy atom. The molecule has 23 heavy (non-hydrogen) atoms. The summed E-state index contributed by atoms with van der Waals surface area (Å²) in [4.78, 5) is 1.61. The molecule has 5 nitrogen and oxygen atoms in total. The fourth-order valence-electron chi connectivity index (χ4n) is 2.48. The standard InChI is InChI=1S/C15H15F2NO4S/c16-15(17)23(19,20)12-5-3-11(4-6-12)18-7-9-22-14(10-18)13-2-1-8-21-13/h1-6,8,14-15H,7,9-10H2. The molecule has 1 atom stereocenters. The molecule has 1 aromatic heterocycles. The Labute approximate surface area is 132 Å². The van der Waals surface area contributed by atoms with Crippen molar-refractivity contribution >= 4 is 15.5 Å². The van der Waals surface area contributed by atoms with Crippen LogP contribution in [0.3, 0.4) is 0 Å². The Morgan fingerprint density at radius 3 is 2.52 bits per heavy atom. The summed E-state index contributed by atoms with van der Waals surface area (Å²) >= 11 is 0. The van der Waals surface area contributed by atoms with Crippen molar-refractivity contribution < 1.29 is 26.4 Å². The lowest BCUT2D eigenvalue weighted by molar-refractivity contribution is 0.0257. The first-order chi connectivity index (χ1) is 11.0. The molecule has 0 N–H and O–H groups in total. The van der Waals surface area contributed by atoms with Crippen molar-refractivity contribution in [3.8, 4) is 0 Å². The number of nitrogens with zero attached hydrogens (tertiary/aromatic N) is 1. The first kappa shape index (κ1) is 15.9. The molecule has 1 saturated heterocycles. The minimum atomic E-state index is -4.56. The van der Waals surface area contributed by atoms with E-state index in [4.69, 9.17) is 9.15 Å². The number of ether oxygens (including phenoxy) is 1. The van der Waals surface area contributed by atoms with E-state index in [9.17, 15) is 17.2 Å². The highest BCUT2D eigenvalue weighted by molar-refractivity contribution is 7.91. The second kappa shape index (κ2) is 6.29. The Morgan fingerprint density at radius 1 is 1.17 bits per heavy atom. The predicted octanol–water partition coefficient (Wildman–Crippen LogP) is 2.85. The fourth-order valence-corrected chi connectivity index (χ4v) is 3.20. The second-order valence-corrected chi connectivity index (χ2v) is 7.04. The summed E-state index contributed by atoms with van der Waals surface area (Å²) in [6.07, 6.45) is 1.35. The van der Waals surface area contributed by atoms with Crippen LogP contribution in [0.15, 0.2) is 52.0 Å². The number of hydrogen-bond acceptors (Lipinski definition) is 5. The van der Waals surface area contributed by atoms with Gasteiger partial charge in [0.05, 0.1) is 24.3 Å². The zero-order valence-electron chi connectivity index (χ0n) is 12.1. The van der Waals surface area contributed by atoms with Gasteiger partial charge >= 0.3 is 5.76 Å². The van der Waals surface area contributed by atoms with E-state index in [1.807, 2.05) is 11.0 Å². The van der Waals surface area contributed by atoms with Gasteiger partial charge in [-0.05, 0) is 36.4 Å². The van der Waals surface area contributed by atoms with Crippen LogP contribution in [-0.2, 0) is 14.6 Å². The average molecular weight is 343 g/mol. The van der Waals surface area contributed by atoms with E-state index in [2.05, 4.69) is 0 Å². The number of morpholine rings is 1.